The minimum atomic E-state index is -3.33. The molecule has 2 N–H and O–H groups in total. The van der Waals surface area contributed by atoms with Crippen LogP contribution in [-0.4, -0.2) is 22.0 Å². The summed E-state index contributed by atoms with van der Waals surface area (Å²) in [5.74, 6) is 1.12. The predicted octanol–water partition coefficient (Wildman–Crippen LogP) is 2.18. The molecule has 0 aromatic carbocycles. The molecule has 2 unspecified atom stereocenters. The third-order valence-corrected chi connectivity index (χ3v) is 6.83. The second-order valence-electron chi connectivity index (χ2n) is 5.27. The Labute approximate surface area is 119 Å². The maximum absolute atomic E-state index is 12.2. The van der Waals surface area contributed by atoms with Gasteiger partial charge in [0.2, 0.25) is 10.0 Å². The molecule has 0 bridgehead atoms. The Balaban J connectivity index is 1.97. The minimum Gasteiger partial charge on any atom is -0.315 e. The fourth-order valence-corrected chi connectivity index (χ4v) is 5.09. The van der Waals surface area contributed by atoms with Crippen LogP contribution in [0.2, 0.25) is 0 Å². The van der Waals surface area contributed by atoms with Crippen molar-refractivity contribution in [3.63, 3.8) is 0 Å². The average Bonchev–Trinajstić information content (AvgIpc) is 2.97. The molecule has 0 radical (unpaired) electrons. The van der Waals surface area contributed by atoms with Gasteiger partial charge in [-0.3, -0.25) is 0 Å². The molecule has 6 heteroatoms. The molecule has 4 nitrogen and oxygen atoms in total. The van der Waals surface area contributed by atoms with Crippen molar-refractivity contribution < 1.29 is 8.42 Å². The van der Waals surface area contributed by atoms with E-state index < -0.39 is 10.0 Å². The quantitative estimate of drug-likeness (QED) is 0.847. The zero-order valence-corrected chi connectivity index (χ0v) is 13.1. The second kappa shape index (κ2) is 6.35. The van der Waals surface area contributed by atoms with Gasteiger partial charge in [-0.15, -0.1) is 11.3 Å². The van der Waals surface area contributed by atoms with Crippen LogP contribution in [0.3, 0.4) is 0 Å². The molecule has 108 valence electrons. The van der Waals surface area contributed by atoms with Gasteiger partial charge in [-0.2, -0.15) is 0 Å². The first-order valence-corrected chi connectivity index (χ1v) is 9.06. The molecular weight excluding hydrogens is 280 g/mol. The highest BCUT2D eigenvalue weighted by atomic mass is 32.2. The van der Waals surface area contributed by atoms with Crippen LogP contribution < -0.4 is 10.0 Å². The first kappa shape index (κ1) is 15.0. The van der Waals surface area contributed by atoms with E-state index in [-0.39, 0.29) is 0 Å². The van der Waals surface area contributed by atoms with E-state index in [2.05, 4.69) is 17.0 Å². The number of hydrogen-bond donors (Lipinski definition) is 2. The molecule has 1 aromatic rings. The Morgan fingerprint density at radius 3 is 2.79 bits per heavy atom. The largest absolute Gasteiger partial charge is 0.315 e. The lowest BCUT2D eigenvalue weighted by atomic mass is 9.99. The zero-order valence-electron chi connectivity index (χ0n) is 11.5. The van der Waals surface area contributed by atoms with Crippen molar-refractivity contribution in [2.75, 3.05) is 13.6 Å². The standard InChI is InChI=1S/C13H22N2O2S2/c1-10-4-3-5-11(10)8-15-19(16,17)13-7-6-12(18-13)9-14-2/h6-7,10-11,14-15H,3-5,8-9H2,1-2H3. The third kappa shape index (κ3) is 3.78. The van der Waals surface area contributed by atoms with Gasteiger partial charge in [0.05, 0.1) is 0 Å². The summed E-state index contributed by atoms with van der Waals surface area (Å²) in [5.41, 5.74) is 0. The first-order valence-electron chi connectivity index (χ1n) is 6.76. The SMILES string of the molecule is CNCc1ccc(S(=O)(=O)NCC2CCCC2C)s1. The average molecular weight is 302 g/mol. The molecule has 1 fully saturated rings. The molecule has 0 amide bonds. The molecule has 1 aliphatic carbocycles. The van der Waals surface area contributed by atoms with Gasteiger partial charge < -0.3 is 5.32 Å². The first-order chi connectivity index (χ1) is 9.03. The van der Waals surface area contributed by atoms with Crippen molar-refractivity contribution in [3.05, 3.63) is 17.0 Å². The van der Waals surface area contributed by atoms with Crippen LogP contribution in [0.4, 0.5) is 0 Å². The lowest BCUT2D eigenvalue weighted by Crippen LogP contribution is -2.29. The Kier molecular flexibility index (Phi) is 5.00. The van der Waals surface area contributed by atoms with Crippen LogP contribution in [0.25, 0.3) is 0 Å². The number of rotatable bonds is 6. The molecule has 19 heavy (non-hydrogen) atoms. The van der Waals surface area contributed by atoms with Crippen LogP contribution in [0.5, 0.6) is 0 Å². The minimum absolute atomic E-state index is 0.420. The van der Waals surface area contributed by atoms with Crippen molar-refractivity contribution >= 4 is 21.4 Å². The highest BCUT2D eigenvalue weighted by Gasteiger charge is 2.25. The van der Waals surface area contributed by atoms with Gasteiger partial charge in [0.25, 0.3) is 0 Å². The molecular formula is C13H22N2O2S2. The van der Waals surface area contributed by atoms with E-state index >= 15 is 0 Å². The zero-order chi connectivity index (χ0) is 13.9. The van der Waals surface area contributed by atoms with Gasteiger partial charge in [0.1, 0.15) is 4.21 Å². The Bertz CT molecular complexity index is 510. The Morgan fingerprint density at radius 2 is 2.16 bits per heavy atom. The van der Waals surface area contributed by atoms with Gasteiger partial charge in [-0.05, 0) is 37.4 Å². The number of sulfonamides is 1. The normalized spacial score (nSPS) is 23.9. The van der Waals surface area contributed by atoms with Crippen molar-refractivity contribution in [2.45, 2.75) is 36.9 Å². The van der Waals surface area contributed by atoms with Crippen LogP contribution in [-0.2, 0) is 16.6 Å². The molecule has 1 aliphatic rings. The van der Waals surface area contributed by atoms with E-state index in [9.17, 15) is 8.42 Å². The van der Waals surface area contributed by atoms with Crippen LogP contribution >= 0.6 is 11.3 Å². The predicted molar refractivity (Wildman–Crippen MR) is 78.8 cm³/mol. The summed E-state index contributed by atoms with van der Waals surface area (Å²) in [6.07, 6.45) is 3.58. The molecule has 1 heterocycles. The van der Waals surface area contributed by atoms with Crippen molar-refractivity contribution in [2.24, 2.45) is 11.8 Å². The Hall–Kier alpha value is -0.430. The van der Waals surface area contributed by atoms with E-state index in [0.717, 1.165) is 11.3 Å². The van der Waals surface area contributed by atoms with Crippen molar-refractivity contribution in [1.29, 1.82) is 0 Å². The van der Waals surface area contributed by atoms with E-state index in [0.29, 0.717) is 29.1 Å². The second-order valence-corrected chi connectivity index (χ2v) is 8.43. The summed E-state index contributed by atoms with van der Waals surface area (Å²) in [7, 11) is -1.47. The van der Waals surface area contributed by atoms with Crippen molar-refractivity contribution in [1.82, 2.24) is 10.0 Å². The molecule has 0 aliphatic heterocycles. The maximum Gasteiger partial charge on any atom is 0.250 e. The van der Waals surface area contributed by atoms with Gasteiger partial charge in [-0.1, -0.05) is 19.8 Å². The summed E-state index contributed by atoms with van der Waals surface area (Å²) < 4.78 is 27.6. The third-order valence-electron chi connectivity index (χ3n) is 3.83. The van der Waals surface area contributed by atoms with Gasteiger partial charge >= 0.3 is 0 Å². The molecule has 2 rings (SSSR count). The summed E-state index contributed by atoms with van der Waals surface area (Å²) >= 11 is 1.33. The van der Waals surface area contributed by atoms with E-state index in [4.69, 9.17) is 0 Å². The molecule has 0 spiro atoms. The van der Waals surface area contributed by atoms with E-state index in [1.54, 1.807) is 6.07 Å². The van der Waals surface area contributed by atoms with E-state index in [1.807, 2.05) is 13.1 Å². The molecule has 2 atom stereocenters. The maximum atomic E-state index is 12.2. The van der Waals surface area contributed by atoms with Gasteiger partial charge in [0, 0.05) is 18.0 Å². The lowest BCUT2D eigenvalue weighted by Gasteiger charge is -2.15. The number of thiophene rings is 1. The van der Waals surface area contributed by atoms with Crippen molar-refractivity contribution in [3.8, 4) is 0 Å². The molecule has 1 aromatic heterocycles. The topological polar surface area (TPSA) is 58.2 Å². The summed E-state index contributed by atoms with van der Waals surface area (Å²) in [6.45, 7) is 3.49. The fraction of sp³-hybridized carbons (Fsp3) is 0.692. The molecule has 1 saturated carbocycles. The highest BCUT2D eigenvalue weighted by Crippen LogP contribution is 2.31. The summed E-state index contributed by atoms with van der Waals surface area (Å²) in [5, 5.41) is 3.03. The lowest BCUT2D eigenvalue weighted by molar-refractivity contribution is 0.414. The van der Waals surface area contributed by atoms with Crippen LogP contribution in [0, 0.1) is 11.8 Å². The Morgan fingerprint density at radius 1 is 1.37 bits per heavy atom. The number of nitrogens with one attached hydrogen (secondary N) is 2. The fourth-order valence-electron chi connectivity index (χ4n) is 2.59. The monoisotopic (exact) mass is 302 g/mol. The number of hydrogen-bond acceptors (Lipinski definition) is 4. The summed E-state index contributed by atoms with van der Waals surface area (Å²) in [6, 6.07) is 3.56. The van der Waals surface area contributed by atoms with Crippen LogP contribution in [0.15, 0.2) is 16.3 Å². The van der Waals surface area contributed by atoms with Gasteiger partial charge in [-0.25, -0.2) is 13.1 Å². The summed E-state index contributed by atoms with van der Waals surface area (Å²) in [4.78, 5) is 1.04. The van der Waals surface area contributed by atoms with E-state index in [1.165, 1.54) is 24.2 Å². The highest BCUT2D eigenvalue weighted by molar-refractivity contribution is 7.91. The van der Waals surface area contributed by atoms with Gasteiger partial charge in [0.15, 0.2) is 0 Å². The molecule has 0 saturated heterocycles. The smallest absolute Gasteiger partial charge is 0.250 e. The van der Waals surface area contributed by atoms with Crippen LogP contribution in [0.1, 0.15) is 31.1 Å².